The van der Waals surface area contributed by atoms with Crippen LogP contribution in [-0.2, 0) is 4.79 Å². The summed E-state index contributed by atoms with van der Waals surface area (Å²) in [6, 6.07) is 23.2. The Balaban J connectivity index is 1.50. The molecule has 0 aliphatic carbocycles. The van der Waals surface area contributed by atoms with Crippen molar-refractivity contribution in [2.24, 2.45) is 5.10 Å². The molecule has 184 valence electrons. The summed E-state index contributed by atoms with van der Waals surface area (Å²) in [6.07, 6.45) is 1.57. The Hall–Kier alpha value is -4.11. The van der Waals surface area contributed by atoms with Gasteiger partial charge in [0.25, 0.3) is 5.91 Å². The van der Waals surface area contributed by atoms with Crippen molar-refractivity contribution in [3.63, 3.8) is 0 Å². The number of aromatic nitrogens is 3. The van der Waals surface area contributed by atoms with E-state index < -0.39 is 0 Å². The monoisotopic (exact) mass is 501 g/mol. The number of thioether (sulfide) groups is 1. The Kier molecular flexibility index (Phi) is 8.36. The van der Waals surface area contributed by atoms with Crippen molar-refractivity contribution >= 4 is 23.9 Å². The van der Waals surface area contributed by atoms with Gasteiger partial charge in [-0.3, -0.25) is 9.36 Å². The first kappa shape index (κ1) is 25.0. The minimum Gasteiger partial charge on any atom is -0.497 e. The van der Waals surface area contributed by atoms with Crippen LogP contribution in [0.4, 0.5) is 0 Å². The van der Waals surface area contributed by atoms with Crippen LogP contribution in [0.1, 0.15) is 18.1 Å². The van der Waals surface area contributed by atoms with Gasteiger partial charge in [-0.2, -0.15) is 5.10 Å². The van der Waals surface area contributed by atoms with Crippen LogP contribution in [0, 0.1) is 6.92 Å². The molecule has 1 aromatic heterocycles. The SMILES string of the molecule is CCOc1ccccc1C=NNC(=O)CSc1nnc(-c2ccc(C)cc2)n1-c1ccc(OC)cc1. The van der Waals surface area contributed by atoms with Gasteiger partial charge in [-0.25, -0.2) is 5.43 Å². The Morgan fingerprint density at radius 3 is 2.53 bits per heavy atom. The molecule has 0 unspecified atom stereocenters. The van der Waals surface area contributed by atoms with Crippen molar-refractivity contribution in [3.8, 4) is 28.6 Å². The first-order valence-electron chi connectivity index (χ1n) is 11.4. The highest BCUT2D eigenvalue weighted by atomic mass is 32.2. The lowest BCUT2D eigenvalue weighted by Gasteiger charge is -2.11. The van der Waals surface area contributed by atoms with E-state index in [-0.39, 0.29) is 11.7 Å². The second-order valence-corrected chi connectivity index (χ2v) is 8.70. The number of methoxy groups -OCH3 is 1. The van der Waals surface area contributed by atoms with Crippen LogP contribution in [0.25, 0.3) is 17.1 Å². The smallest absolute Gasteiger partial charge is 0.250 e. The summed E-state index contributed by atoms with van der Waals surface area (Å²) in [5, 5.41) is 13.5. The van der Waals surface area contributed by atoms with E-state index in [0.29, 0.717) is 23.3 Å². The van der Waals surface area contributed by atoms with Gasteiger partial charge in [0, 0.05) is 16.8 Å². The normalized spacial score (nSPS) is 11.0. The second kappa shape index (κ2) is 12.0. The molecule has 8 nitrogen and oxygen atoms in total. The molecule has 0 aliphatic rings. The summed E-state index contributed by atoms with van der Waals surface area (Å²) in [5.74, 6) is 2.01. The van der Waals surface area contributed by atoms with E-state index in [2.05, 4.69) is 20.7 Å². The van der Waals surface area contributed by atoms with Crippen LogP contribution in [-0.4, -0.2) is 46.4 Å². The van der Waals surface area contributed by atoms with Gasteiger partial charge < -0.3 is 9.47 Å². The first-order chi connectivity index (χ1) is 17.6. The molecule has 9 heteroatoms. The zero-order chi connectivity index (χ0) is 25.3. The molecule has 3 aromatic carbocycles. The summed E-state index contributed by atoms with van der Waals surface area (Å²) in [6.45, 7) is 4.50. The van der Waals surface area contributed by atoms with Crippen LogP contribution >= 0.6 is 11.8 Å². The predicted molar refractivity (Wildman–Crippen MR) is 142 cm³/mol. The first-order valence-corrected chi connectivity index (χ1v) is 12.4. The number of ether oxygens (including phenoxy) is 2. The minimum absolute atomic E-state index is 0.118. The average molecular weight is 502 g/mol. The number of carbonyl (C=O) groups excluding carboxylic acids is 1. The summed E-state index contributed by atoms with van der Waals surface area (Å²) in [5.41, 5.74) is 6.31. The predicted octanol–water partition coefficient (Wildman–Crippen LogP) is 4.89. The number of nitrogens with zero attached hydrogens (tertiary/aromatic N) is 4. The van der Waals surface area contributed by atoms with Crippen molar-refractivity contribution < 1.29 is 14.3 Å². The molecule has 1 heterocycles. The third-order valence-electron chi connectivity index (χ3n) is 5.22. The molecule has 4 rings (SSSR count). The molecule has 0 fully saturated rings. The molecular formula is C27H27N5O3S. The second-order valence-electron chi connectivity index (χ2n) is 7.76. The van der Waals surface area contributed by atoms with E-state index >= 15 is 0 Å². The van der Waals surface area contributed by atoms with Gasteiger partial charge in [0.1, 0.15) is 11.5 Å². The van der Waals surface area contributed by atoms with E-state index in [9.17, 15) is 4.79 Å². The fraction of sp³-hybridized carbons (Fsp3) is 0.185. The van der Waals surface area contributed by atoms with Crippen LogP contribution in [0.15, 0.2) is 83.1 Å². The standard InChI is InChI=1S/C27H27N5O3S/c1-4-35-24-8-6-5-7-21(24)17-28-29-25(33)18-36-27-31-30-26(20-11-9-19(2)10-12-20)32(27)22-13-15-23(34-3)16-14-22/h5-17H,4,18H2,1-3H3,(H,29,33). The van der Waals surface area contributed by atoms with Gasteiger partial charge in [0.2, 0.25) is 0 Å². The number of hydrogen-bond donors (Lipinski definition) is 1. The number of benzene rings is 3. The van der Waals surface area contributed by atoms with E-state index in [0.717, 1.165) is 28.1 Å². The number of aryl methyl sites for hydroxylation is 1. The van der Waals surface area contributed by atoms with Gasteiger partial charge in [0.05, 0.1) is 25.7 Å². The number of hydrogen-bond acceptors (Lipinski definition) is 7. The molecule has 0 saturated heterocycles. The van der Waals surface area contributed by atoms with Gasteiger partial charge in [-0.05, 0) is 50.2 Å². The molecule has 36 heavy (non-hydrogen) atoms. The van der Waals surface area contributed by atoms with Crippen molar-refractivity contribution in [3.05, 3.63) is 83.9 Å². The third-order valence-corrected chi connectivity index (χ3v) is 6.15. The van der Waals surface area contributed by atoms with Crippen molar-refractivity contribution in [1.29, 1.82) is 0 Å². The molecule has 0 spiro atoms. The maximum atomic E-state index is 12.5. The highest BCUT2D eigenvalue weighted by Crippen LogP contribution is 2.29. The molecule has 1 amide bonds. The number of nitrogens with one attached hydrogen (secondary N) is 1. The van der Waals surface area contributed by atoms with Gasteiger partial charge in [-0.1, -0.05) is 53.7 Å². The van der Waals surface area contributed by atoms with Crippen molar-refractivity contribution in [1.82, 2.24) is 20.2 Å². The molecule has 4 aromatic rings. The molecule has 0 aliphatic heterocycles. The fourth-order valence-corrected chi connectivity index (χ4v) is 4.17. The Morgan fingerprint density at radius 1 is 1.06 bits per heavy atom. The highest BCUT2D eigenvalue weighted by Gasteiger charge is 2.17. The van der Waals surface area contributed by atoms with Crippen LogP contribution in [0.2, 0.25) is 0 Å². The summed E-state index contributed by atoms with van der Waals surface area (Å²) in [4.78, 5) is 12.5. The lowest BCUT2D eigenvalue weighted by molar-refractivity contribution is -0.118. The van der Waals surface area contributed by atoms with E-state index in [1.54, 1.807) is 13.3 Å². The highest BCUT2D eigenvalue weighted by molar-refractivity contribution is 7.99. The number of hydrazone groups is 1. The van der Waals surface area contributed by atoms with Gasteiger partial charge in [-0.15, -0.1) is 10.2 Å². The Bertz CT molecular complexity index is 1330. The summed E-state index contributed by atoms with van der Waals surface area (Å²) in [7, 11) is 1.63. The molecular weight excluding hydrogens is 474 g/mol. The van der Waals surface area contributed by atoms with E-state index in [1.807, 2.05) is 91.2 Å². The number of carbonyl (C=O) groups is 1. The quantitative estimate of drug-likeness (QED) is 0.189. The Labute approximate surface area is 214 Å². The van der Waals surface area contributed by atoms with Gasteiger partial charge in [0.15, 0.2) is 11.0 Å². The number of rotatable bonds is 10. The number of para-hydroxylation sites is 1. The third kappa shape index (κ3) is 6.11. The maximum Gasteiger partial charge on any atom is 0.250 e. The molecule has 0 atom stereocenters. The molecule has 0 saturated carbocycles. The zero-order valence-corrected chi connectivity index (χ0v) is 21.2. The maximum absolute atomic E-state index is 12.5. The zero-order valence-electron chi connectivity index (χ0n) is 20.3. The largest absolute Gasteiger partial charge is 0.497 e. The van der Waals surface area contributed by atoms with Crippen LogP contribution in [0.3, 0.4) is 0 Å². The number of amides is 1. The summed E-state index contributed by atoms with van der Waals surface area (Å²) < 4.78 is 12.8. The van der Waals surface area contributed by atoms with Crippen LogP contribution in [0.5, 0.6) is 11.5 Å². The van der Waals surface area contributed by atoms with Crippen LogP contribution < -0.4 is 14.9 Å². The fourth-order valence-electron chi connectivity index (χ4n) is 3.43. The van der Waals surface area contributed by atoms with E-state index in [4.69, 9.17) is 9.47 Å². The lowest BCUT2D eigenvalue weighted by atomic mass is 10.1. The molecule has 1 N–H and O–H groups in total. The van der Waals surface area contributed by atoms with E-state index in [1.165, 1.54) is 11.8 Å². The van der Waals surface area contributed by atoms with Gasteiger partial charge >= 0.3 is 0 Å². The topological polar surface area (TPSA) is 90.6 Å². The Morgan fingerprint density at radius 2 is 1.81 bits per heavy atom. The molecule has 0 radical (unpaired) electrons. The summed E-state index contributed by atoms with van der Waals surface area (Å²) >= 11 is 1.28. The minimum atomic E-state index is -0.258. The van der Waals surface area contributed by atoms with Crippen molar-refractivity contribution in [2.75, 3.05) is 19.5 Å². The average Bonchev–Trinajstić information content (AvgIpc) is 3.33. The van der Waals surface area contributed by atoms with Crippen molar-refractivity contribution in [2.45, 2.75) is 19.0 Å². The lowest BCUT2D eigenvalue weighted by Crippen LogP contribution is -2.20. The molecule has 0 bridgehead atoms.